The molecule has 98 valence electrons. The normalized spacial score (nSPS) is 16.7. The third-order valence-electron chi connectivity index (χ3n) is 3.04. The van der Waals surface area contributed by atoms with Crippen molar-refractivity contribution in [3.8, 4) is 0 Å². The second kappa shape index (κ2) is 6.13. The lowest BCUT2D eigenvalue weighted by Crippen LogP contribution is -2.32. The molecule has 1 aromatic rings. The van der Waals surface area contributed by atoms with Crippen LogP contribution in [0.2, 0.25) is 5.02 Å². The van der Waals surface area contributed by atoms with E-state index in [-0.39, 0.29) is 18.4 Å². The number of hydrogen-bond donors (Lipinski definition) is 1. The van der Waals surface area contributed by atoms with Crippen LogP contribution in [0.15, 0.2) is 18.2 Å². The molecule has 0 aliphatic carbocycles. The number of hydrogen-bond acceptors (Lipinski definition) is 4. The molecule has 6 heteroatoms. The van der Waals surface area contributed by atoms with Crippen LogP contribution in [0, 0.1) is 10.1 Å². The van der Waals surface area contributed by atoms with Crippen LogP contribution in [0.5, 0.6) is 0 Å². The number of piperidine rings is 1. The van der Waals surface area contributed by atoms with Crippen molar-refractivity contribution in [2.75, 3.05) is 13.1 Å². The molecule has 1 aliphatic rings. The van der Waals surface area contributed by atoms with Crippen LogP contribution in [0.3, 0.4) is 0 Å². The van der Waals surface area contributed by atoms with Crippen molar-refractivity contribution in [3.05, 3.63) is 38.9 Å². The van der Waals surface area contributed by atoms with Gasteiger partial charge in [-0.1, -0.05) is 17.7 Å². The second-order valence-electron chi connectivity index (χ2n) is 4.25. The van der Waals surface area contributed by atoms with Gasteiger partial charge in [-0.2, -0.15) is 0 Å². The SMILES string of the molecule is O=[N+]([O-])c1cccc(Cl)c1COC1CCNCC1. The zero-order valence-electron chi connectivity index (χ0n) is 9.89. The summed E-state index contributed by atoms with van der Waals surface area (Å²) >= 11 is 5.99. The van der Waals surface area contributed by atoms with E-state index in [1.807, 2.05) is 0 Å². The molecule has 0 amide bonds. The summed E-state index contributed by atoms with van der Waals surface area (Å²) in [5.74, 6) is 0. The Hall–Kier alpha value is -1.17. The highest BCUT2D eigenvalue weighted by Crippen LogP contribution is 2.27. The average molecular weight is 271 g/mol. The van der Waals surface area contributed by atoms with Crippen LogP contribution < -0.4 is 5.32 Å². The topological polar surface area (TPSA) is 64.4 Å². The first-order valence-electron chi connectivity index (χ1n) is 5.92. The molecule has 1 fully saturated rings. The fourth-order valence-electron chi connectivity index (χ4n) is 2.02. The van der Waals surface area contributed by atoms with Gasteiger partial charge in [0.25, 0.3) is 5.69 Å². The predicted molar refractivity (Wildman–Crippen MR) is 68.8 cm³/mol. The first-order chi connectivity index (χ1) is 8.68. The van der Waals surface area contributed by atoms with Crippen LogP contribution in [-0.2, 0) is 11.3 Å². The molecule has 1 aromatic carbocycles. The van der Waals surface area contributed by atoms with Crippen molar-refractivity contribution in [3.63, 3.8) is 0 Å². The minimum Gasteiger partial charge on any atom is -0.373 e. The number of benzene rings is 1. The molecule has 0 bridgehead atoms. The molecule has 1 saturated heterocycles. The Balaban J connectivity index is 2.05. The van der Waals surface area contributed by atoms with E-state index in [0.29, 0.717) is 10.6 Å². The van der Waals surface area contributed by atoms with Gasteiger partial charge in [0.1, 0.15) is 0 Å². The van der Waals surface area contributed by atoms with Crippen LogP contribution in [-0.4, -0.2) is 24.1 Å². The molecular formula is C12H15ClN2O3. The summed E-state index contributed by atoms with van der Waals surface area (Å²) in [5, 5.41) is 14.5. The molecule has 5 nitrogen and oxygen atoms in total. The molecule has 1 N–H and O–H groups in total. The first-order valence-corrected chi connectivity index (χ1v) is 6.30. The van der Waals surface area contributed by atoms with Gasteiger partial charge in [-0.05, 0) is 32.0 Å². The number of nitrogens with one attached hydrogen (secondary N) is 1. The summed E-state index contributed by atoms with van der Waals surface area (Å²) in [4.78, 5) is 10.5. The lowest BCUT2D eigenvalue weighted by Gasteiger charge is -2.23. The molecule has 0 radical (unpaired) electrons. The standard InChI is InChI=1S/C12H15ClN2O3/c13-11-2-1-3-12(15(16)17)10(11)8-18-9-4-6-14-7-5-9/h1-3,9,14H,4-8H2. The quantitative estimate of drug-likeness (QED) is 0.674. The number of rotatable bonds is 4. The molecule has 0 spiro atoms. The van der Waals surface area contributed by atoms with Gasteiger partial charge in [-0.25, -0.2) is 0 Å². The maximum absolute atomic E-state index is 10.9. The van der Waals surface area contributed by atoms with E-state index in [0.717, 1.165) is 25.9 Å². The van der Waals surface area contributed by atoms with Crippen LogP contribution in [0.25, 0.3) is 0 Å². The highest BCUT2D eigenvalue weighted by molar-refractivity contribution is 6.31. The highest BCUT2D eigenvalue weighted by atomic mass is 35.5. The summed E-state index contributed by atoms with van der Waals surface area (Å²) in [5.41, 5.74) is 0.485. The van der Waals surface area contributed by atoms with Gasteiger partial charge < -0.3 is 10.1 Å². The van der Waals surface area contributed by atoms with Gasteiger partial charge in [0.2, 0.25) is 0 Å². The van der Waals surface area contributed by atoms with E-state index < -0.39 is 4.92 Å². The van der Waals surface area contributed by atoms with Crippen molar-refractivity contribution < 1.29 is 9.66 Å². The molecule has 0 unspecified atom stereocenters. The third kappa shape index (κ3) is 3.19. The fourth-order valence-corrected chi connectivity index (χ4v) is 2.25. The summed E-state index contributed by atoms with van der Waals surface area (Å²) in [6.07, 6.45) is 2.01. The van der Waals surface area contributed by atoms with E-state index in [1.54, 1.807) is 12.1 Å². The van der Waals surface area contributed by atoms with Crippen molar-refractivity contribution >= 4 is 17.3 Å². The molecule has 1 heterocycles. The van der Waals surface area contributed by atoms with Crippen LogP contribution in [0.1, 0.15) is 18.4 Å². The number of ether oxygens (including phenoxy) is 1. The predicted octanol–water partition coefficient (Wildman–Crippen LogP) is 2.52. The second-order valence-corrected chi connectivity index (χ2v) is 4.66. The molecule has 0 atom stereocenters. The minimum atomic E-state index is -0.424. The van der Waals surface area contributed by atoms with Crippen molar-refractivity contribution in [2.24, 2.45) is 0 Å². The Kier molecular flexibility index (Phi) is 4.52. The maximum atomic E-state index is 10.9. The zero-order chi connectivity index (χ0) is 13.0. The number of nitrogens with zero attached hydrogens (tertiary/aromatic N) is 1. The molecule has 18 heavy (non-hydrogen) atoms. The number of nitro groups is 1. The molecule has 0 saturated carbocycles. The van der Waals surface area contributed by atoms with Gasteiger partial charge in [0.05, 0.1) is 28.2 Å². The van der Waals surface area contributed by atoms with Gasteiger partial charge in [0, 0.05) is 6.07 Å². The first kappa shape index (κ1) is 13.3. The summed E-state index contributed by atoms with van der Waals surface area (Å²) < 4.78 is 5.71. The Morgan fingerprint density at radius 1 is 1.44 bits per heavy atom. The Bertz CT molecular complexity index is 433. The lowest BCUT2D eigenvalue weighted by atomic mass is 10.1. The minimum absolute atomic E-state index is 0.0245. The van der Waals surface area contributed by atoms with Gasteiger partial charge in [-0.3, -0.25) is 10.1 Å². The van der Waals surface area contributed by atoms with Crippen molar-refractivity contribution in [1.82, 2.24) is 5.32 Å². The van der Waals surface area contributed by atoms with E-state index in [4.69, 9.17) is 16.3 Å². The average Bonchev–Trinajstić information content (AvgIpc) is 2.38. The summed E-state index contributed by atoms with van der Waals surface area (Å²) in [6.45, 7) is 2.05. The Labute approximate surface area is 110 Å². The molecule has 1 aliphatic heterocycles. The van der Waals surface area contributed by atoms with Gasteiger partial charge in [0.15, 0.2) is 0 Å². The highest BCUT2D eigenvalue weighted by Gasteiger charge is 2.19. The Morgan fingerprint density at radius 2 is 2.17 bits per heavy atom. The van der Waals surface area contributed by atoms with Crippen molar-refractivity contribution in [1.29, 1.82) is 0 Å². The summed E-state index contributed by atoms with van der Waals surface area (Å²) in [7, 11) is 0. The van der Waals surface area contributed by atoms with Crippen LogP contribution >= 0.6 is 11.6 Å². The number of halogens is 1. The van der Waals surface area contributed by atoms with E-state index in [1.165, 1.54) is 6.07 Å². The monoisotopic (exact) mass is 270 g/mol. The summed E-state index contributed by atoms with van der Waals surface area (Å²) in [6, 6.07) is 4.68. The molecule has 2 rings (SSSR count). The van der Waals surface area contributed by atoms with E-state index in [9.17, 15) is 10.1 Å². The molecular weight excluding hydrogens is 256 g/mol. The van der Waals surface area contributed by atoms with Crippen molar-refractivity contribution in [2.45, 2.75) is 25.6 Å². The van der Waals surface area contributed by atoms with E-state index >= 15 is 0 Å². The van der Waals surface area contributed by atoms with Gasteiger partial charge in [-0.15, -0.1) is 0 Å². The molecule has 0 aromatic heterocycles. The maximum Gasteiger partial charge on any atom is 0.276 e. The zero-order valence-corrected chi connectivity index (χ0v) is 10.7. The largest absolute Gasteiger partial charge is 0.373 e. The number of nitro benzene ring substituents is 1. The fraction of sp³-hybridized carbons (Fsp3) is 0.500. The lowest BCUT2D eigenvalue weighted by molar-refractivity contribution is -0.386. The van der Waals surface area contributed by atoms with E-state index in [2.05, 4.69) is 5.32 Å². The van der Waals surface area contributed by atoms with Gasteiger partial charge >= 0.3 is 0 Å². The van der Waals surface area contributed by atoms with Crippen LogP contribution in [0.4, 0.5) is 5.69 Å². The third-order valence-corrected chi connectivity index (χ3v) is 3.39. The smallest absolute Gasteiger partial charge is 0.276 e. The Morgan fingerprint density at radius 3 is 2.83 bits per heavy atom.